The lowest BCUT2D eigenvalue weighted by Crippen LogP contribution is -2.51. The standard InChI is InChI=1S/C20H26ClN5O2/c1-24-8-10-26(11-9-24)20(27)16-5-3-7-25(13-16)14-18-22-19(23-28-18)15-4-2-6-17(21)12-15/h2,4,6,12,16H,3,5,7-11,13-14H2,1H3. The lowest BCUT2D eigenvalue weighted by Gasteiger charge is -2.37. The van der Waals surface area contributed by atoms with Crippen molar-refractivity contribution >= 4 is 17.5 Å². The second kappa shape index (κ2) is 8.59. The maximum atomic E-state index is 12.9. The predicted octanol–water partition coefficient (Wildman–Crippen LogP) is 2.38. The molecule has 28 heavy (non-hydrogen) atoms. The van der Waals surface area contributed by atoms with Crippen molar-refractivity contribution in [2.75, 3.05) is 46.3 Å². The molecule has 2 aromatic rings. The number of benzene rings is 1. The van der Waals surface area contributed by atoms with Gasteiger partial charge in [0.2, 0.25) is 17.6 Å². The fourth-order valence-corrected chi connectivity index (χ4v) is 4.13. The Kier molecular flexibility index (Phi) is 5.94. The van der Waals surface area contributed by atoms with Crippen LogP contribution in [0.2, 0.25) is 5.02 Å². The first-order valence-corrected chi connectivity index (χ1v) is 10.2. The number of halogens is 1. The summed E-state index contributed by atoms with van der Waals surface area (Å²) in [6.45, 7) is 5.84. The van der Waals surface area contributed by atoms with Crippen molar-refractivity contribution in [3.63, 3.8) is 0 Å². The Labute approximate surface area is 170 Å². The molecule has 4 rings (SSSR count). The quantitative estimate of drug-likeness (QED) is 0.780. The molecule has 0 radical (unpaired) electrons. The van der Waals surface area contributed by atoms with E-state index >= 15 is 0 Å². The summed E-state index contributed by atoms with van der Waals surface area (Å²) in [5.41, 5.74) is 0.837. The van der Waals surface area contributed by atoms with E-state index in [9.17, 15) is 4.79 Å². The highest BCUT2D eigenvalue weighted by atomic mass is 35.5. The Morgan fingerprint density at radius 2 is 2.07 bits per heavy atom. The third-order valence-electron chi connectivity index (χ3n) is 5.58. The summed E-state index contributed by atoms with van der Waals surface area (Å²) in [6.07, 6.45) is 1.97. The number of likely N-dealkylation sites (N-methyl/N-ethyl adjacent to an activating group) is 1. The van der Waals surface area contributed by atoms with Gasteiger partial charge in [-0.2, -0.15) is 4.98 Å². The molecule has 0 aliphatic carbocycles. The summed E-state index contributed by atoms with van der Waals surface area (Å²) in [6, 6.07) is 7.41. The molecular weight excluding hydrogens is 378 g/mol. The number of piperidine rings is 1. The molecule has 1 aromatic heterocycles. The monoisotopic (exact) mass is 403 g/mol. The van der Waals surface area contributed by atoms with Crippen LogP contribution in [-0.4, -0.2) is 77.1 Å². The maximum Gasteiger partial charge on any atom is 0.241 e. The molecular formula is C20H26ClN5O2. The van der Waals surface area contributed by atoms with Gasteiger partial charge >= 0.3 is 0 Å². The highest BCUT2D eigenvalue weighted by Crippen LogP contribution is 2.23. The SMILES string of the molecule is CN1CCN(C(=O)C2CCCN(Cc3nc(-c4cccc(Cl)c4)no3)C2)CC1. The molecule has 2 aliphatic heterocycles. The lowest BCUT2D eigenvalue weighted by atomic mass is 9.96. The first-order chi connectivity index (χ1) is 13.6. The van der Waals surface area contributed by atoms with Gasteiger partial charge in [0.1, 0.15) is 0 Å². The van der Waals surface area contributed by atoms with Crippen molar-refractivity contribution < 1.29 is 9.32 Å². The first-order valence-electron chi connectivity index (χ1n) is 9.87. The van der Waals surface area contributed by atoms with Crippen molar-refractivity contribution in [2.24, 2.45) is 5.92 Å². The minimum atomic E-state index is 0.0625. The van der Waals surface area contributed by atoms with Gasteiger partial charge in [0.15, 0.2) is 0 Å². The van der Waals surface area contributed by atoms with E-state index in [1.807, 2.05) is 29.2 Å². The lowest BCUT2D eigenvalue weighted by molar-refractivity contribution is -0.139. The Morgan fingerprint density at radius 1 is 1.25 bits per heavy atom. The minimum Gasteiger partial charge on any atom is -0.340 e. The first kappa shape index (κ1) is 19.4. The van der Waals surface area contributed by atoms with Gasteiger partial charge in [0.05, 0.1) is 12.5 Å². The van der Waals surface area contributed by atoms with Gasteiger partial charge in [-0.05, 0) is 38.6 Å². The number of hydrogen-bond donors (Lipinski definition) is 0. The molecule has 150 valence electrons. The molecule has 3 heterocycles. The van der Waals surface area contributed by atoms with Crippen molar-refractivity contribution in [1.82, 2.24) is 24.8 Å². The molecule has 1 aromatic carbocycles. The van der Waals surface area contributed by atoms with E-state index in [0.29, 0.717) is 29.2 Å². The summed E-state index contributed by atoms with van der Waals surface area (Å²) in [5.74, 6) is 1.47. The van der Waals surface area contributed by atoms with Crippen LogP contribution < -0.4 is 0 Å². The average Bonchev–Trinajstić information content (AvgIpc) is 3.17. The van der Waals surface area contributed by atoms with E-state index in [-0.39, 0.29) is 5.92 Å². The summed E-state index contributed by atoms with van der Waals surface area (Å²) in [4.78, 5) is 23.9. The average molecular weight is 404 g/mol. The van der Waals surface area contributed by atoms with Crippen LogP contribution >= 0.6 is 11.6 Å². The fourth-order valence-electron chi connectivity index (χ4n) is 3.94. The molecule has 0 spiro atoms. The van der Waals surface area contributed by atoms with Crippen LogP contribution in [0, 0.1) is 5.92 Å². The van der Waals surface area contributed by atoms with Gasteiger partial charge in [0.25, 0.3) is 0 Å². The topological polar surface area (TPSA) is 65.7 Å². The third kappa shape index (κ3) is 4.54. The molecule has 0 N–H and O–H groups in total. The van der Waals surface area contributed by atoms with Gasteiger partial charge < -0.3 is 14.3 Å². The molecule has 0 saturated carbocycles. The van der Waals surface area contributed by atoms with Crippen molar-refractivity contribution in [1.29, 1.82) is 0 Å². The van der Waals surface area contributed by atoms with Crippen LogP contribution in [0.3, 0.4) is 0 Å². The molecule has 1 amide bonds. The number of amides is 1. The van der Waals surface area contributed by atoms with E-state index in [4.69, 9.17) is 16.1 Å². The molecule has 0 bridgehead atoms. The van der Waals surface area contributed by atoms with Crippen molar-refractivity contribution in [3.8, 4) is 11.4 Å². The smallest absolute Gasteiger partial charge is 0.241 e. The molecule has 2 fully saturated rings. The molecule has 1 unspecified atom stereocenters. The summed E-state index contributed by atoms with van der Waals surface area (Å²) in [7, 11) is 2.10. The van der Waals surface area contributed by atoms with E-state index < -0.39 is 0 Å². The van der Waals surface area contributed by atoms with Crippen LogP contribution in [-0.2, 0) is 11.3 Å². The predicted molar refractivity (Wildman–Crippen MR) is 107 cm³/mol. The Hall–Kier alpha value is -1.96. The van der Waals surface area contributed by atoms with Crippen molar-refractivity contribution in [3.05, 3.63) is 35.2 Å². The second-order valence-corrected chi connectivity index (χ2v) is 8.16. The number of rotatable bonds is 4. The zero-order valence-corrected chi connectivity index (χ0v) is 16.9. The van der Waals surface area contributed by atoms with Gasteiger partial charge in [-0.15, -0.1) is 0 Å². The fraction of sp³-hybridized carbons (Fsp3) is 0.550. The normalized spacial score (nSPS) is 21.8. The van der Waals surface area contributed by atoms with Gasteiger partial charge in [-0.3, -0.25) is 9.69 Å². The van der Waals surface area contributed by atoms with E-state index in [1.165, 1.54) is 0 Å². The summed E-state index contributed by atoms with van der Waals surface area (Å²) < 4.78 is 5.44. The number of carbonyl (C=O) groups excluding carboxylic acids is 1. The number of carbonyl (C=O) groups is 1. The third-order valence-corrected chi connectivity index (χ3v) is 5.81. The van der Waals surface area contributed by atoms with Gasteiger partial charge in [-0.1, -0.05) is 28.9 Å². The Bertz CT molecular complexity index is 818. The molecule has 1 atom stereocenters. The second-order valence-electron chi connectivity index (χ2n) is 7.72. The van der Waals surface area contributed by atoms with E-state index in [1.54, 1.807) is 0 Å². The number of aromatic nitrogens is 2. The zero-order valence-electron chi connectivity index (χ0n) is 16.2. The summed E-state index contributed by atoms with van der Waals surface area (Å²) >= 11 is 6.04. The van der Waals surface area contributed by atoms with Crippen LogP contribution in [0.25, 0.3) is 11.4 Å². The van der Waals surface area contributed by atoms with E-state index in [0.717, 1.165) is 57.7 Å². The number of piperazine rings is 1. The van der Waals surface area contributed by atoms with Crippen LogP contribution in [0.1, 0.15) is 18.7 Å². The highest BCUT2D eigenvalue weighted by molar-refractivity contribution is 6.30. The number of nitrogens with zero attached hydrogens (tertiary/aromatic N) is 5. The maximum absolute atomic E-state index is 12.9. The molecule has 2 saturated heterocycles. The van der Waals surface area contributed by atoms with Gasteiger partial charge in [-0.25, -0.2) is 0 Å². The van der Waals surface area contributed by atoms with E-state index in [2.05, 4.69) is 27.0 Å². The number of hydrogen-bond acceptors (Lipinski definition) is 6. The Balaban J connectivity index is 1.36. The van der Waals surface area contributed by atoms with Crippen LogP contribution in [0.4, 0.5) is 0 Å². The largest absolute Gasteiger partial charge is 0.340 e. The van der Waals surface area contributed by atoms with Gasteiger partial charge in [0, 0.05) is 43.3 Å². The molecule has 2 aliphatic rings. The van der Waals surface area contributed by atoms with Crippen LogP contribution in [0.5, 0.6) is 0 Å². The van der Waals surface area contributed by atoms with Crippen molar-refractivity contribution in [2.45, 2.75) is 19.4 Å². The minimum absolute atomic E-state index is 0.0625. The number of likely N-dealkylation sites (tertiary alicyclic amines) is 1. The zero-order chi connectivity index (χ0) is 19.5. The Morgan fingerprint density at radius 3 is 2.86 bits per heavy atom. The van der Waals surface area contributed by atoms with Crippen LogP contribution in [0.15, 0.2) is 28.8 Å². The molecule has 8 heteroatoms. The highest BCUT2D eigenvalue weighted by Gasteiger charge is 2.31. The summed E-state index contributed by atoms with van der Waals surface area (Å²) in [5, 5.41) is 4.72. The molecule has 7 nitrogen and oxygen atoms in total.